The van der Waals surface area contributed by atoms with E-state index in [-0.39, 0.29) is 12.5 Å². The number of hydrogen-bond acceptors (Lipinski definition) is 5. The van der Waals surface area contributed by atoms with Gasteiger partial charge in [0.15, 0.2) is 0 Å². The second kappa shape index (κ2) is 7.61. The molecule has 0 bridgehead atoms. The van der Waals surface area contributed by atoms with Gasteiger partial charge in [-0.1, -0.05) is 18.2 Å². The first-order valence-corrected chi connectivity index (χ1v) is 10.2. The molecule has 25 heavy (non-hydrogen) atoms. The minimum atomic E-state index is -4.11. The average Bonchev–Trinajstić information content (AvgIpc) is 3.14. The van der Waals surface area contributed by atoms with Gasteiger partial charge < -0.3 is 14.2 Å². The molecule has 6 nitrogen and oxygen atoms in total. The second-order valence-corrected chi connectivity index (χ2v) is 8.91. The Morgan fingerprint density at radius 3 is 2.48 bits per heavy atom. The number of fused-ring (bicyclic) bond motifs is 1. The van der Waals surface area contributed by atoms with Gasteiger partial charge in [-0.3, -0.25) is 4.55 Å². The Balaban J connectivity index is 1.79. The lowest BCUT2D eigenvalue weighted by atomic mass is 10.0. The fourth-order valence-corrected chi connectivity index (χ4v) is 4.31. The predicted octanol–water partition coefficient (Wildman–Crippen LogP) is 2.84. The third-order valence-corrected chi connectivity index (χ3v) is 6.57. The topological polar surface area (TPSA) is 82.1 Å². The van der Waals surface area contributed by atoms with Crippen molar-refractivity contribution >= 4 is 10.1 Å². The van der Waals surface area contributed by atoms with Gasteiger partial charge in [0.25, 0.3) is 10.1 Å². The molecular weight excluding hydrogens is 344 g/mol. The van der Waals surface area contributed by atoms with Crippen molar-refractivity contribution in [2.24, 2.45) is 11.8 Å². The maximum absolute atomic E-state index is 11.5. The molecule has 1 saturated carbocycles. The van der Waals surface area contributed by atoms with Crippen molar-refractivity contribution in [1.82, 2.24) is 0 Å². The van der Waals surface area contributed by atoms with Crippen molar-refractivity contribution in [3.8, 4) is 5.75 Å². The summed E-state index contributed by atoms with van der Waals surface area (Å²) < 4.78 is 49.6. The molecule has 3 rings (SSSR count). The Kier molecular flexibility index (Phi) is 5.68. The van der Waals surface area contributed by atoms with Crippen LogP contribution in [0, 0.1) is 11.8 Å². The Hall–Kier alpha value is -1.15. The highest BCUT2D eigenvalue weighted by molar-refractivity contribution is 7.86. The van der Waals surface area contributed by atoms with E-state index in [0.717, 1.165) is 31.6 Å². The van der Waals surface area contributed by atoms with E-state index in [9.17, 15) is 13.0 Å². The highest BCUT2D eigenvalue weighted by Crippen LogP contribution is 2.42. The van der Waals surface area contributed by atoms with Gasteiger partial charge in [-0.15, -0.1) is 0 Å². The molecule has 1 aromatic carbocycles. The highest BCUT2D eigenvalue weighted by Gasteiger charge is 2.40. The molecule has 1 aromatic rings. The Labute approximate surface area is 149 Å². The monoisotopic (exact) mass is 370 g/mol. The number of methoxy groups -OCH3 is 1. The van der Waals surface area contributed by atoms with E-state index in [0.29, 0.717) is 17.6 Å². The SMILES string of the molecule is COc1ccccc1[C@@H](CC(C)S(=O)(=O)O)O[C@@H]1C[C@H]2COC[C@H]2C1. The molecule has 7 heteroatoms. The summed E-state index contributed by atoms with van der Waals surface area (Å²) in [4.78, 5) is 0. The van der Waals surface area contributed by atoms with Crippen LogP contribution in [-0.4, -0.2) is 44.6 Å². The van der Waals surface area contributed by atoms with Crippen molar-refractivity contribution in [2.75, 3.05) is 20.3 Å². The summed E-state index contributed by atoms with van der Waals surface area (Å²) in [5.74, 6) is 1.72. The molecule has 1 heterocycles. The summed E-state index contributed by atoms with van der Waals surface area (Å²) in [5.41, 5.74) is 0.814. The molecule has 1 aliphatic heterocycles. The number of rotatable bonds is 7. The van der Waals surface area contributed by atoms with Crippen molar-refractivity contribution in [1.29, 1.82) is 0 Å². The molecule has 0 aromatic heterocycles. The second-order valence-electron chi connectivity index (χ2n) is 7.08. The number of para-hydroxylation sites is 1. The fraction of sp³-hybridized carbons (Fsp3) is 0.667. The van der Waals surface area contributed by atoms with Gasteiger partial charge in [-0.25, -0.2) is 0 Å². The molecule has 1 N–H and O–H groups in total. The molecule has 0 radical (unpaired) electrons. The zero-order valence-corrected chi connectivity index (χ0v) is 15.4. The smallest absolute Gasteiger partial charge is 0.267 e. The molecule has 140 valence electrons. The lowest BCUT2D eigenvalue weighted by Gasteiger charge is -2.26. The van der Waals surface area contributed by atoms with Gasteiger partial charge in [0.05, 0.1) is 24.6 Å². The molecule has 2 fully saturated rings. The third-order valence-electron chi connectivity index (χ3n) is 5.36. The van der Waals surface area contributed by atoms with Crippen LogP contribution in [0.1, 0.15) is 37.9 Å². The summed E-state index contributed by atoms with van der Waals surface area (Å²) in [6.45, 7) is 3.06. The number of ether oxygens (including phenoxy) is 3. The van der Waals surface area contributed by atoms with Crippen LogP contribution in [0.25, 0.3) is 0 Å². The molecule has 0 amide bonds. The van der Waals surface area contributed by atoms with Gasteiger partial charge in [-0.2, -0.15) is 8.42 Å². The first-order valence-electron chi connectivity index (χ1n) is 8.71. The van der Waals surface area contributed by atoms with Crippen molar-refractivity contribution in [3.63, 3.8) is 0 Å². The standard InChI is InChI=1S/C18H26O6S/c1-12(25(19,20)21)7-18(16-5-3-4-6-17(16)22-2)24-15-8-13-10-23-11-14(13)9-15/h3-6,12-15,18H,7-11H2,1-2H3,(H,19,20,21)/t12?,13-,14+,15+,18-/m1/s1. The molecule has 0 spiro atoms. The minimum absolute atomic E-state index is 0.0717. The van der Waals surface area contributed by atoms with Crippen molar-refractivity contribution in [3.05, 3.63) is 29.8 Å². The predicted molar refractivity (Wildman–Crippen MR) is 93.3 cm³/mol. The van der Waals surface area contributed by atoms with Gasteiger partial charge in [0, 0.05) is 18.8 Å². The van der Waals surface area contributed by atoms with Crippen molar-refractivity contribution < 1.29 is 27.2 Å². The highest BCUT2D eigenvalue weighted by atomic mass is 32.2. The van der Waals surface area contributed by atoms with E-state index in [1.807, 2.05) is 24.3 Å². The summed E-state index contributed by atoms with van der Waals surface area (Å²) in [7, 11) is -2.53. The molecule has 5 atom stereocenters. The van der Waals surface area contributed by atoms with Crippen LogP contribution in [0.15, 0.2) is 24.3 Å². The van der Waals surface area contributed by atoms with Gasteiger partial charge in [0.2, 0.25) is 0 Å². The number of hydrogen-bond donors (Lipinski definition) is 1. The lowest BCUT2D eigenvalue weighted by molar-refractivity contribution is -0.0236. The van der Waals surface area contributed by atoms with Crippen LogP contribution in [0.4, 0.5) is 0 Å². The van der Waals surface area contributed by atoms with Crippen LogP contribution < -0.4 is 4.74 Å². The lowest BCUT2D eigenvalue weighted by Crippen LogP contribution is -2.24. The normalized spacial score (nSPS) is 28.5. The Morgan fingerprint density at radius 2 is 1.88 bits per heavy atom. The zero-order chi connectivity index (χ0) is 18.0. The average molecular weight is 370 g/mol. The zero-order valence-electron chi connectivity index (χ0n) is 14.6. The van der Waals surface area contributed by atoms with E-state index in [4.69, 9.17) is 14.2 Å². The molecule has 1 aliphatic carbocycles. The number of benzene rings is 1. The van der Waals surface area contributed by atoms with E-state index < -0.39 is 21.5 Å². The molecule has 1 unspecified atom stereocenters. The maximum atomic E-state index is 11.5. The molecular formula is C18H26O6S. The van der Waals surface area contributed by atoms with E-state index in [2.05, 4.69) is 0 Å². The van der Waals surface area contributed by atoms with Crippen LogP contribution in [0.3, 0.4) is 0 Å². The Morgan fingerprint density at radius 1 is 1.24 bits per heavy atom. The first kappa shape index (κ1) is 18.6. The van der Waals surface area contributed by atoms with Gasteiger partial charge >= 0.3 is 0 Å². The summed E-state index contributed by atoms with van der Waals surface area (Å²) in [5, 5.41) is -0.911. The van der Waals surface area contributed by atoms with E-state index in [1.54, 1.807) is 7.11 Å². The summed E-state index contributed by atoms with van der Waals surface area (Å²) >= 11 is 0. The largest absolute Gasteiger partial charge is 0.496 e. The summed E-state index contributed by atoms with van der Waals surface area (Å²) in [6, 6.07) is 7.46. The van der Waals surface area contributed by atoms with Gasteiger partial charge in [-0.05, 0) is 44.1 Å². The van der Waals surface area contributed by atoms with Crippen LogP contribution in [-0.2, 0) is 19.6 Å². The van der Waals surface area contributed by atoms with Gasteiger partial charge in [0.1, 0.15) is 5.75 Å². The molecule has 2 aliphatic rings. The van der Waals surface area contributed by atoms with Crippen LogP contribution in [0.2, 0.25) is 0 Å². The quantitative estimate of drug-likeness (QED) is 0.743. The van der Waals surface area contributed by atoms with Crippen LogP contribution in [0.5, 0.6) is 5.75 Å². The molecule has 1 saturated heterocycles. The summed E-state index contributed by atoms with van der Waals surface area (Å²) in [6.07, 6.45) is 1.66. The van der Waals surface area contributed by atoms with Crippen LogP contribution >= 0.6 is 0 Å². The maximum Gasteiger partial charge on any atom is 0.267 e. The minimum Gasteiger partial charge on any atom is -0.496 e. The van der Waals surface area contributed by atoms with E-state index >= 15 is 0 Å². The van der Waals surface area contributed by atoms with Crippen molar-refractivity contribution in [2.45, 2.75) is 43.6 Å². The third kappa shape index (κ3) is 4.34. The fourth-order valence-electron chi connectivity index (χ4n) is 3.89. The first-order chi connectivity index (χ1) is 11.9. The van der Waals surface area contributed by atoms with E-state index in [1.165, 1.54) is 6.92 Å². The Bertz CT molecular complexity index is 677.